The van der Waals surface area contributed by atoms with Gasteiger partial charge < -0.3 is 24.6 Å². The van der Waals surface area contributed by atoms with Crippen LogP contribution in [0.15, 0.2) is 77.9 Å². The van der Waals surface area contributed by atoms with Crippen molar-refractivity contribution in [2.75, 3.05) is 19.7 Å². The summed E-state index contributed by atoms with van der Waals surface area (Å²) in [6, 6.07) is 0. The molecule has 0 aliphatic heterocycles. The molecule has 0 aromatic rings. The van der Waals surface area contributed by atoms with Crippen molar-refractivity contribution < 1.29 is 43.3 Å². The van der Waals surface area contributed by atoms with Crippen LogP contribution in [0.4, 0.5) is 4.79 Å². The van der Waals surface area contributed by atoms with Crippen LogP contribution in [0.25, 0.3) is 0 Å². The van der Waals surface area contributed by atoms with E-state index in [1.165, 1.54) is 0 Å². The van der Waals surface area contributed by atoms with Crippen LogP contribution in [-0.2, 0) is 33.4 Å². The summed E-state index contributed by atoms with van der Waals surface area (Å²) in [5.41, 5.74) is 0. The second kappa shape index (κ2) is 29.0. The van der Waals surface area contributed by atoms with Crippen LogP contribution in [0.5, 0.6) is 0 Å². The van der Waals surface area contributed by atoms with Crippen molar-refractivity contribution in [3.63, 3.8) is 0 Å². The zero-order chi connectivity index (χ0) is 31.8. The van der Waals surface area contributed by atoms with E-state index in [1.807, 2.05) is 6.08 Å². The third-order valence-corrected chi connectivity index (χ3v) is 5.01. The largest absolute Gasteiger partial charge is 0.481 e. The van der Waals surface area contributed by atoms with E-state index in [-0.39, 0.29) is 39.0 Å². The molecule has 236 valence electrons. The highest BCUT2D eigenvalue weighted by Crippen LogP contribution is 2.01. The van der Waals surface area contributed by atoms with Crippen LogP contribution in [0.3, 0.4) is 0 Å². The third-order valence-electron chi connectivity index (χ3n) is 5.01. The summed E-state index contributed by atoms with van der Waals surface area (Å²) in [4.78, 5) is 60.3. The first-order chi connectivity index (χ1) is 20.8. The van der Waals surface area contributed by atoms with Crippen molar-refractivity contribution in [1.82, 2.24) is 5.32 Å². The van der Waals surface area contributed by atoms with Crippen LogP contribution < -0.4 is 5.32 Å². The second-order valence-corrected chi connectivity index (χ2v) is 8.74. The highest BCUT2D eigenvalue weighted by atomic mass is 16.6. The highest BCUT2D eigenvalue weighted by molar-refractivity contribution is 5.97. The molecular formula is C32H44N2O9. The molecular weight excluding hydrogens is 556 g/mol. The van der Waals surface area contributed by atoms with Gasteiger partial charge in [0.05, 0.1) is 6.54 Å². The summed E-state index contributed by atoms with van der Waals surface area (Å²) in [6.45, 7) is 2.14. The maximum absolute atomic E-state index is 11.8. The van der Waals surface area contributed by atoms with Gasteiger partial charge in [0.1, 0.15) is 6.61 Å². The molecule has 11 heteroatoms. The Morgan fingerprint density at radius 1 is 0.744 bits per heavy atom. The number of unbranched alkanes of at least 4 members (excludes halogenated alkanes) is 1. The van der Waals surface area contributed by atoms with Gasteiger partial charge in [-0.25, -0.2) is 14.4 Å². The predicted molar refractivity (Wildman–Crippen MR) is 164 cm³/mol. The Kier molecular flexibility index (Phi) is 25.9. The Labute approximate surface area is 253 Å². The smallest absolute Gasteiger partial charge is 0.415 e. The van der Waals surface area contributed by atoms with Crippen LogP contribution in [0.1, 0.15) is 71.1 Å². The molecule has 0 heterocycles. The monoisotopic (exact) mass is 600 g/mol. The molecule has 0 fully saturated rings. The molecule has 0 atom stereocenters. The zero-order valence-corrected chi connectivity index (χ0v) is 24.9. The number of aliphatic carboxylic acids is 1. The van der Waals surface area contributed by atoms with E-state index in [4.69, 9.17) is 9.84 Å². The number of nitrogens with zero attached hydrogens (tertiary/aromatic N) is 1. The molecule has 0 unspecified atom stereocenters. The van der Waals surface area contributed by atoms with Gasteiger partial charge in [0.15, 0.2) is 6.40 Å². The van der Waals surface area contributed by atoms with Crippen molar-refractivity contribution in [3.05, 3.63) is 72.9 Å². The summed E-state index contributed by atoms with van der Waals surface area (Å²) in [5.74, 6) is -3.40. The number of carbonyl (C=O) groups excluding carboxylic acids is 4. The van der Waals surface area contributed by atoms with Crippen LogP contribution in [0, 0.1) is 0 Å². The van der Waals surface area contributed by atoms with E-state index in [1.54, 1.807) is 0 Å². The number of carboxylic acid groups (broad SMARTS) is 1. The Morgan fingerprint density at radius 3 is 1.93 bits per heavy atom. The molecule has 1 amide bonds. The van der Waals surface area contributed by atoms with E-state index in [9.17, 15) is 24.0 Å². The lowest BCUT2D eigenvalue weighted by Crippen LogP contribution is -2.30. The number of allylic oxidation sites excluding steroid dienone is 10. The number of hydrogen-bond acceptors (Lipinski definition) is 9. The molecule has 0 saturated heterocycles. The van der Waals surface area contributed by atoms with Crippen molar-refractivity contribution >= 4 is 36.4 Å². The molecule has 0 aliphatic carbocycles. The minimum Gasteiger partial charge on any atom is -0.481 e. The summed E-state index contributed by atoms with van der Waals surface area (Å²) >= 11 is 0. The number of rotatable bonds is 23. The number of esters is 3. The predicted octanol–water partition coefficient (Wildman–Crippen LogP) is 5.70. The summed E-state index contributed by atoms with van der Waals surface area (Å²) in [5, 5.41) is 10.7. The number of nitrogens with one attached hydrogen (secondary N) is 1. The van der Waals surface area contributed by atoms with Crippen molar-refractivity contribution in [1.29, 1.82) is 0 Å². The van der Waals surface area contributed by atoms with Gasteiger partial charge in [0, 0.05) is 31.5 Å². The number of carbonyl (C=O) groups is 5. The Morgan fingerprint density at radius 2 is 1.33 bits per heavy atom. The fourth-order valence-corrected chi connectivity index (χ4v) is 2.92. The Bertz CT molecular complexity index is 1040. The average Bonchev–Trinajstić information content (AvgIpc) is 2.97. The van der Waals surface area contributed by atoms with Gasteiger partial charge in [-0.05, 0) is 51.4 Å². The standard InChI is InChI=1S/C32H44N2O9/c1-2-3-4-5-6-7-8-9-10-11-12-13-14-15-16-17-18-21-29(37)41-26-25-34-32(40)43-31(39)23-22-30(38)42-27-33-24-19-20-28(35)36/h3-4,6-7,9-10,12-13,15-16,22-23,27H,2,5,8,11,14,17-21,24-26H2,1H3,(H,34,40)(H,35,36)/b4-3-,7-6-,10-9-,13-12-,16-15-,23-22+,33-27?. The number of ether oxygens (including phenoxy) is 3. The first-order valence-corrected chi connectivity index (χ1v) is 14.3. The van der Waals surface area contributed by atoms with Crippen LogP contribution >= 0.6 is 0 Å². The molecule has 0 radical (unpaired) electrons. The van der Waals surface area contributed by atoms with Gasteiger partial charge in [-0.3, -0.25) is 14.6 Å². The number of alkyl carbamates (subject to hydrolysis) is 1. The zero-order valence-electron chi connectivity index (χ0n) is 24.9. The molecule has 11 nitrogen and oxygen atoms in total. The molecule has 0 spiro atoms. The van der Waals surface area contributed by atoms with Crippen molar-refractivity contribution in [2.24, 2.45) is 4.99 Å². The molecule has 0 bridgehead atoms. The lowest BCUT2D eigenvalue weighted by molar-refractivity contribution is -0.143. The molecule has 0 aromatic carbocycles. The summed E-state index contributed by atoms with van der Waals surface area (Å²) in [6.07, 6.45) is 29.0. The van der Waals surface area contributed by atoms with Crippen LogP contribution in [0.2, 0.25) is 0 Å². The quantitative estimate of drug-likeness (QED) is 0.0219. The lowest BCUT2D eigenvalue weighted by atomic mass is 10.2. The number of aliphatic imine (C=N–C) groups is 1. The van der Waals surface area contributed by atoms with Gasteiger partial charge >= 0.3 is 30.0 Å². The maximum atomic E-state index is 11.8. The van der Waals surface area contributed by atoms with E-state index < -0.39 is 30.0 Å². The number of carboxylic acids is 1. The second-order valence-electron chi connectivity index (χ2n) is 8.74. The maximum Gasteiger partial charge on any atom is 0.415 e. The minimum atomic E-state index is -1.11. The summed E-state index contributed by atoms with van der Waals surface area (Å²) < 4.78 is 14.0. The molecule has 0 rings (SSSR count). The molecule has 0 saturated carbocycles. The van der Waals surface area contributed by atoms with Gasteiger partial charge in [-0.15, -0.1) is 0 Å². The van der Waals surface area contributed by atoms with Crippen LogP contribution in [-0.4, -0.2) is 61.2 Å². The number of hydrogen-bond donors (Lipinski definition) is 2. The first-order valence-electron chi connectivity index (χ1n) is 14.3. The van der Waals surface area contributed by atoms with Crippen molar-refractivity contribution in [3.8, 4) is 0 Å². The minimum absolute atomic E-state index is 0.0588. The van der Waals surface area contributed by atoms with E-state index >= 15 is 0 Å². The number of amides is 1. The fraction of sp³-hybridized carbons (Fsp3) is 0.438. The fourth-order valence-electron chi connectivity index (χ4n) is 2.92. The first kappa shape index (κ1) is 38.5. The topological polar surface area (TPSA) is 158 Å². The molecule has 0 aliphatic rings. The van der Waals surface area contributed by atoms with Gasteiger partial charge in [-0.1, -0.05) is 67.7 Å². The molecule has 2 N–H and O–H groups in total. The van der Waals surface area contributed by atoms with Crippen molar-refractivity contribution in [2.45, 2.75) is 71.1 Å². The summed E-state index contributed by atoms with van der Waals surface area (Å²) in [7, 11) is 0. The SMILES string of the molecule is CC/C=C\C/C=C\C/C=C\C/C=C\C/C=C\CCCC(=O)OCCNC(=O)OC(=O)/C=C/C(=O)OC=NCCCC(=O)O. The normalized spacial score (nSPS) is 12.0. The van der Waals surface area contributed by atoms with Gasteiger partial charge in [0.25, 0.3) is 0 Å². The Hall–Kier alpha value is -4.54. The van der Waals surface area contributed by atoms with E-state index in [0.29, 0.717) is 12.5 Å². The lowest BCUT2D eigenvalue weighted by Gasteiger charge is -2.05. The molecule has 0 aromatic heterocycles. The molecule has 43 heavy (non-hydrogen) atoms. The average molecular weight is 601 g/mol. The van der Waals surface area contributed by atoms with E-state index in [2.05, 4.69) is 81.4 Å². The highest BCUT2D eigenvalue weighted by Gasteiger charge is 2.08. The Balaban J connectivity index is 3.79. The van der Waals surface area contributed by atoms with Gasteiger partial charge in [0.2, 0.25) is 0 Å². The third kappa shape index (κ3) is 30.3. The van der Waals surface area contributed by atoms with Gasteiger partial charge in [-0.2, -0.15) is 0 Å². The van der Waals surface area contributed by atoms with E-state index in [0.717, 1.165) is 51.0 Å².